The molecule has 0 aliphatic heterocycles. The van der Waals surface area contributed by atoms with Crippen molar-refractivity contribution in [3.63, 3.8) is 0 Å². The van der Waals surface area contributed by atoms with Crippen LogP contribution in [0.4, 0.5) is 0 Å². The lowest BCUT2D eigenvalue weighted by Crippen LogP contribution is -2.23. The van der Waals surface area contributed by atoms with Gasteiger partial charge in [0.15, 0.2) is 11.8 Å². The van der Waals surface area contributed by atoms with E-state index in [0.29, 0.717) is 5.35 Å². The third-order valence-electron chi connectivity index (χ3n) is 1.04. The number of aromatic nitrogens is 1. The molecule has 2 N–H and O–H groups in total. The van der Waals surface area contributed by atoms with Crippen LogP contribution in [0.25, 0.3) is 12.3 Å². The highest BCUT2D eigenvalue weighted by molar-refractivity contribution is 5.18. The minimum absolute atomic E-state index is 0.692. The highest BCUT2D eigenvalue weighted by Crippen LogP contribution is 1.60. The van der Waals surface area contributed by atoms with E-state index < -0.39 is 0 Å². The van der Waals surface area contributed by atoms with Gasteiger partial charge >= 0.3 is 0 Å². The summed E-state index contributed by atoms with van der Waals surface area (Å²) in [7, 11) is 0. The monoisotopic (exact) mass is 154 g/mol. The van der Waals surface area contributed by atoms with Crippen LogP contribution >= 0.6 is 0 Å². The first-order valence-electron chi connectivity index (χ1n) is 3.66. The van der Waals surface area contributed by atoms with Gasteiger partial charge in [0.2, 0.25) is 0 Å². The van der Waals surface area contributed by atoms with Crippen molar-refractivity contribution in [2.24, 2.45) is 5.73 Å². The molecule has 1 heterocycles. The van der Waals surface area contributed by atoms with Crippen molar-refractivity contribution >= 4 is 12.3 Å². The molecule has 3 heteroatoms. The van der Waals surface area contributed by atoms with Crippen molar-refractivity contribution < 1.29 is 4.42 Å². The molecular weight excluding hydrogens is 140 g/mol. The van der Waals surface area contributed by atoms with Crippen molar-refractivity contribution in [3.8, 4) is 0 Å². The summed E-state index contributed by atoms with van der Waals surface area (Å²) in [6.45, 7) is 5.87. The van der Waals surface area contributed by atoms with Crippen LogP contribution in [-0.2, 0) is 0 Å². The molecule has 0 radical (unpaired) electrons. The molecule has 11 heavy (non-hydrogen) atoms. The minimum Gasteiger partial charge on any atom is -0.444 e. The van der Waals surface area contributed by atoms with Gasteiger partial charge in [-0.05, 0) is 13.0 Å². The second kappa shape index (κ2) is 5.53. The van der Waals surface area contributed by atoms with Crippen LogP contribution < -0.4 is 16.5 Å². The molecule has 0 aromatic carbocycles. The fraction of sp³-hybridized carbons (Fsp3) is 0.375. The Morgan fingerprint density at radius 2 is 2.18 bits per heavy atom. The average molecular weight is 154 g/mol. The lowest BCUT2D eigenvalue weighted by molar-refractivity contribution is 0.524. The molecular formula is C8H14N2O. The summed E-state index contributed by atoms with van der Waals surface area (Å²) in [4.78, 5) is 3.83. The van der Waals surface area contributed by atoms with E-state index in [9.17, 15) is 0 Å². The number of hydrogen-bond acceptors (Lipinski definition) is 3. The second-order valence-electron chi connectivity index (χ2n) is 1.56. The summed E-state index contributed by atoms with van der Waals surface area (Å²) in [5.41, 5.74) is 5.92. The zero-order valence-electron chi connectivity index (χ0n) is 7.16. The average Bonchev–Trinajstić information content (AvgIpc) is 2.54. The minimum atomic E-state index is 0.692. The molecule has 0 saturated heterocycles. The molecule has 0 atom stereocenters. The molecule has 0 spiro atoms. The van der Waals surface area contributed by atoms with Gasteiger partial charge < -0.3 is 10.2 Å². The van der Waals surface area contributed by atoms with Crippen molar-refractivity contribution in [1.29, 1.82) is 0 Å². The fourth-order valence-corrected chi connectivity index (χ4v) is 0.605. The van der Waals surface area contributed by atoms with Gasteiger partial charge in [-0.1, -0.05) is 13.8 Å². The third kappa shape index (κ3) is 2.45. The zero-order chi connectivity index (χ0) is 8.69. The van der Waals surface area contributed by atoms with Gasteiger partial charge in [-0.25, -0.2) is 4.98 Å². The predicted octanol–water partition coefficient (Wildman–Crippen LogP) is 0.198. The first-order valence-corrected chi connectivity index (χ1v) is 3.66. The Hall–Kier alpha value is -1.25. The lowest BCUT2D eigenvalue weighted by atomic mass is 10.5. The van der Waals surface area contributed by atoms with Gasteiger partial charge in [-0.2, -0.15) is 0 Å². The van der Waals surface area contributed by atoms with Crippen LogP contribution in [0.2, 0.25) is 0 Å². The molecule has 1 aromatic heterocycles. The zero-order valence-corrected chi connectivity index (χ0v) is 7.16. The number of rotatable bonds is 0. The van der Waals surface area contributed by atoms with Gasteiger partial charge in [0.1, 0.15) is 5.35 Å². The Balaban J connectivity index is 0.000000461. The summed E-state index contributed by atoms with van der Waals surface area (Å²) in [6, 6.07) is 0. The summed E-state index contributed by atoms with van der Waals surface area (Å²) in [6.07, 6.45) is 4.60. The van der Waals surface area contributed by atoms with Gasteiger partial charge in [0.05, 0.1) is 0 Å². The van der Waals surface area contributed by atoms with E-state index in [0.717, 1.165) is 5.42 Å². The SMILES string of the molecule is C/C=c1/ocn/c1=C/N.CC. The predicted molar refractivity (Wildman–Crippen MR) is 45.9 cm³/mol. The van der Waals surface area contributed by atoms with E-state index >= 15 is 0 Å². The third-order valence-corrected chi connectivity index (χ3v) is 1.04. The molecule has 0 saturated carbocycles. The van der Waals surface area contributed by atoms with Crippen LogP contribution in [0.3, 0.4) is 0 Å². The van der Waals surface area contributed by atoms with E-state index in [2.05, 4.69) is 4.98 Å². The lowest BCUT2D eigenvalue weighted by Gasteiger charge is -1.69. The van der Waals surface area contributed by atoms with Gasteiger partial charge in [-0.15, -0.1) is 0 Å². The fourth-order valence-electron chi connectivity index (χ4n) is 0.605. The smallest absolute Gasteiger partial charge is 0.182 e. The summed E-state index contributed by atoms with van der Waals surface area (Å²) >= 11 is 0. The Kier molecular flexibility index (Phi) is 4.90. The van der Waals surface area contributed by atoms with Gasteiger partial charge in [0, 0.05) is 6.20 Å². The molecule has 0 bridgehead atoms. The summed E-state index contributed by atoms with van der Waals surface area (Å²) in [5.74, 6) is 0. The first-order chi connectivity index (χ1) is 5.38. The van der Waals surface area contributed by atoms with Crippen molar-refractivity contribution in [2.45, 2.75) is 20.8 Å². The van der Waals surface area contributed by atoms with E-state index in [-0.39, 0.29) is 0 Å². The van der Waals surface area contributed by atoms with Crippen LogP contribution in [0.5, 0.6) is 0 Å². The number of hydrogen-bond donors (Lipinski definition) is 1. The molecule has 62 valence electrons. The molecule has 1 rings (SSSR count). The summed E-state index contributed by atoms with van der Waals surface area (Å²) < 4.78 is 4.93. The van der Waals surface area contributed by atoms with E-state index in [1.807, 2.05) is 26.8 Å². The van der Waals surface area contributed by atoms with Gasteiger partial charge in [-0.3, -0.25) is 0 Å². The molecule has 3 nitrogen and oxygen atoms in total. The van der Waals surface area contributed by atoms with E-state index in [1.54, 1.807) is 0 Å². The second-order valence-corrected chi connectivity index (χ2v) is 1.56. The highest BCUT2D eigenvalue weighted by atomic mass is 16.3. The Bertz CT molecular complexity index is 259. The Labute approximate surface area is 66.2 Å². The van der Waals surface area contributed by atoms with Crippen LogP contribution in [-0.4, -0.2) is 4.98 Å². The standard InChI is InChI=1S/C6H8N2O.C2H6/c1-2-6-5(3-7)8-4-9-6;1-2/h2-4H,7H2,1H3;1-2H3/b5-3+,6-2+;. The van der Waals surface area contributed by atoms with Gasteiger partial charge in [0.25, 0.3) is 0 Å². The number of nitrogens with two attached hydrogens (primary N) is 1. The highest BCUT2D eigenvalue weighted by Gasteiger charge is 1.83. The van der Waals surface area contributed by atoms with Crippen molar-refractivity contribution in [3.05, 3.63) is 17.2 Å². The molecule has 0 amide bonds. The Morgan fingerprint density at radius 3 is 2.55 bits per heavy atom. The van der Waals surface area contributed by atoms with Crippen molar-refractivity contribution in [1.82, 2.24) is 4.98 Å². The van der Waals surface area contributed by atoms with E-state index in [1.165, 1.54) is 12.6 Å². The topological polar surface area (TPSA) is 52.0 Å². The largest absolute Gasteiger partial charge is 0.444 e. The van der Waals surface area contributed by atoms with Crippen LogP contribution in [0, 0.1) is 0 Å². The first kappa shape index (κ1) is 9.75. The molecule has 0 aliphatic carbocycles. The maximum absolute atomic E-state index is 5.20. The Morgan fingerprint density at radius 1 is 1.55 bits per heavy atom. The maximum Gasteiger partial charge on any atom is 0.182 e. The van der Waals surface area contributed by atoms with E-state index in [4.69, 9.17) is 10.2 Å². The van der Waals surface area contributed by atoms with Crippen LogP contribution in [0.15, 0.2) is 10.8 Å². The quantitative estimate of drug-likeness (QED) is 0.580. The van der Waals surface area contributed by atoms with Crippen molar-refractivity contribution in [2.75, 3.05) is 0 Å². The van der Waals surface area contributed by atoms with Crippen LogP contribution in [0.1, 0.15) is 20.8 Å². The molecule has 0 aliphatic rings. The molecule has 0 unspecified atom stereocenters. The number of oxazole rings is 1. The molecule has 0 fully saturated rings. The molecule has 1 aromatic rings. The normalized spacial score (nSPS) is 12.6. The number of nitrogens with zero attached hydrogens (tertiary/aromatic N) is 1. The maximum atomic E-state index is 5.20. The summed E-state index contributed by atoms with van der Waals surface area (Å²) in [5, 5.41) is 0.692.